The number of nitrogens with zero attached hydrogens (tertiary/aromatic N) is 2. The summed E-state index contributed by atoms with van der Waals surface area (Å²) in [6.45, 7) is 6.69. The topological polar surface area (TPSA) is 42.0 Å². The number of likely N-dealkylation sites (tertiary alicyclic amines) is 1. The van der Waals surface area contributed by atoms with E-state index in [-0.39, 0.29) is 5.91 Å². The van der Waals surface area contributed by atoms with Crippen LogP contribution in [0.3, 0.4) is 0 Å². The molecule has 0 aromatic heterocycles. The zero-order chi connectivity index (χ0) is 19.3. The van der Waals surface area contributed by atoms with Crippen LogP contribution in [-0.2, 0) is 14.3 Å². The minimum Gasteiger partial charge on any atom is -0.381 e. The summed E-state index contributed by atoms with van der Waals surface area (Å²) in [5, 5.41) is 0. The van der Waals surface area contributed by atoms with Crippen molar-refractivity contribution in [2.75, 3.05) is 32.9 Å². The summed E-state index contributed by atoms with van der Waals surface area (Å²) in [7, 11) is 0. The maximum Gasteiger partial charge on any atom is 0.249 e. The monoisotopic (exact) mass is 392 g/mol. The molecule has 2 atom stereocenters. The Hall–Kier alpha value is -0.650. The lowest BCUT2D eigenvalue weighted by molar-refractivity contribution is -0.167. The van der Waals surface area contributed by atoms with Crippen LogP contribution in [0.4, 0.5) is 0 Å². The molecule has 160 valence electrons. The molecule has 2 saturated carbocycles. The molecule has 0 aromatic carbocycles. The van der Waals surface area contributed by atoms with E-state index in [1.54, 1.807) is 0 Å². The van der Waals surface area contributed by atoms with Gasteiger partial charge in [-0.3, -0.25) is 4.79 Å². The van der Waals surface area contributed by atoms with Crippen molar-refractivity contribution in [3.63, 3.8) is 0 Å². The highest BCUT2D eigenvalue weighted by Crippen LogP contribution is 2.34. The highest BCUT2D eigenvalue weighted by atomic mass is 16.5. The first-order chi connectivity index (χ1) is 13.8. The summed E-state index contributed by atoms with van der Waals surface area (Å²) < 4.78 is 11.6. The van der Waals surface area contributed by atoms with E-state index in [0.29, 0.717) is 24.8 Å². The standard InChI is InChI=1S/C23H40N2O3/c1-2-15-27-16-18-7-9-19(10-8-18)24-13-11-20(12-14-24)25-21-5-3-4-6-22(21)28-17-23(25)26/h18-22H,2-17H2,1H3/t18?,19?,21-,22-/m0/s1. The number of hydrogen-bond acceptors (Lipinski definition) is 4. The molecule has 28 heavy (non-hydrogen) atoms. The number of morpholine rings is 1. The van der Waals surface area contributed by atoms with Gasteiger partial charge in [0.25, 0.3) is 0 Å². The lowest BCUT2D eigenvalue weighted by Gasteiger charge is -2.50. The fraction of sp³-hybridized carbons (Fsp3) is 0.957. The van der Waals surface area contributed by atoms with E-state index in [0.717, 1.165) is 70.4 Å². The van der Waals surface area contributed by atoms with Crippen molar-refractivity contribution < 1.29 is 14.3 Å². The molecule has 2 saturated heterocycles. The molecule has 0 unspecified atom stereocenters. The first-order valence-electron chi connectivity index (χ1n) is 12.0. The molecule has 0 aromatic rings. The van der Waals surface area contributed by atoms with Gasteiger partial charge in [0.05, 0.1) is 12.1 Å². The Morgan fingerprint density at radius 2 is 1.71 bits per heavy atom. The zero-order valence-electron chi connectivity index (χ0n) is 17.8. The average Bonchev–Trinajstić information content (AvgIpc) is 2.75. The van der Waals surface area contributed by atoms with E-state index < -0.39 is 0 Å². The van der Waals surface area contributed by atoms with Gasteiger partial charge >= 0.3 is 0 Å². The van der Waals surface area contributed by atoms with Crippen molar-refractivity contribution in [1.82, 2.24) is 9.80 Å². The van der Waals surface area contributed by atoms with Crippen molar-refractivity contribution in [2.45, 2.75) is 102 Å². The molecule has 2 heterocycles. The van der Waals surface area contributed by atoms with Crippen LogP contribution in [0.15, 0.2) is 0 Å². The van der Waals surface area contributed by atoms with E-state index in [9.17, 15) is 4.79 Å². The summed E-state index contributed by atoms with van der Waals surface area (Å²) >= 11 is 0. The maximum atomic E-state index is 12.7. The van der Waals surface area contributed by atoms with Crippen molar-refractivity contribution in [2.24, 2.45) is 5.92 Å². The van der Waals surface area contributed by atoms with Gasteiger partial charge in [-0.1, -0.05) is 19.8 Å². The first kappa shape index (κ1) is 20.6. The molecule has 2 aliphatic heterocycles. The number of piperidine rings is 1. The molecule has 5 nitrogen and oxygen atoms in total. The SMILES string of the molecule is CCCOCC1CCC(N2CCC(N3C(=O)CO[C@H]4CCCC[C@@H]43)CC2)CC1. The van der Waals surface area contributed by atoms with Gasteiger partial charge in [0.2, 0.25) is 5.91 Å². The number of rotatable bonds is 6. The summed E-state index contributed by atoms with van der Waals surface area (Å²) in [5.74, 6) is 1.02. The van der Waals surface area contributed by atoms with Crippen molar-refractivity contribution in [3.05, 3.63) is 0 Å². The second kappa shape index (κ2) is 9.90. The van der Waals surface area contributed by atoms with Crippen LogP contribution in [0.2, 0.25) is 0 Å². The average molecular weight is 393 g/mol. The summed E-state index contributed by atoms with van der Waals surface area (Å²) in [4.78, 5) is 17.6. The lowest BCUT2D eigenvalue weighted by atomic mass is 9.84. The van der Waals surface area contributed by atoms with Crippen molar-refractivity contribution in [1.29, 1.82) is 0 Å². The lowest BCUT2D eigenvalue weighted by Crippen LogP contribution is -2.61. The van der Waals surface area contributed by atoms with E-state index >= 15 is 0 Å². The summed E-state index contributed by atoms with van der Waals surface area (Å²) in [6, 6.07) is 1.55. The molecule has 0 N–H and O–H groups in total. The third-order valence-electron chi connectivity index (χ3n) is 7.66. The van der Waals surface area contributed by atoms with Crippen LogP contribution >= 0.6 is 0 Å². The van der Waals surface area contributed by atoms with Gasteiger partial charge in [0.15, 0.2) is 0 Å². The van der Waals surface area contributed by atoms with E-state index in [1.807, 2.05) is 0 Å². The van der Waals surface area contributed by atoms with E-state index in [1.165, 1.54) is 38.5 Å². The summed E-state index contributed by atoms with van der Waals surface area (Å²) in [6.07, 6.45) is 13.8. The van der Waals surface area contributed by atoms with Gasteiger partial charge in [-0.25, -0.2) is 0 Å². The Labute approximate surface area is 171 Å². The smallest absolute Gasteiger partial charge is 0.249 e. The van der Waals surface area contributed by atoms with Crippen molar-refractivity contribution in [3.8, 4) is 0 Å². The molecular weight excluding hydrogens is 352 g/mol. The number of carbonyl (C=O) groups is 1. The second-order valence-electron chi connectivity index (χ2n) is 9.52. The van der Waals surface area contributed by atoms with Gasteiger partial charge in [0.1, 0.15) is 6.61 Å². The number of fused-ring (bicyclic) bond motifs is 1. The molecule has 0 bridgehead atoms. The molecule has 4 fully saturated rings. The normalized spacial score (nSPS) is 35.8. The third-order valence-corrected chi connectivity index (χ3v) is 7.66. The van der Waals surface area contributed by atoms with Crippen LogP contribution in [0.1, 0.15) is 77.6 Å². The molecule has 4 aliphatic rings. The fourth-order valence-electron chi connectivity index (χ4n) is 6.10. The highest BCUT2D eigenvalue weighted by Gasteiger charge is 2.42. The van der Waals surface area contributed by atoms with Crippen LogP contribution in [0.25, 0.3) is 0 Å². The molecule has 4 rings (SSSR count). The van der Waals surface area contributed by atoms with E-state index in [2.05, 4.69) is 16.7 Å². The minimum atomic E-state index is 0.245. The van der Waals surface area contributed by atoms with Crippen molar-refractivity contribution >= 4 is 5.91 Å². The zero-order valence-corrected chi connectivity index (χ0v) is 17.8. The number of hydrogen-bond donors (Lipinski definition) is 0. The van der Waals surface area contributed by atoms with Crippen LogP contribution in [0.5, 0.6) is 0 Å². The molecule has 5 heteroatoms. The van der Waals surface area contributed by atoms with Gasteiger partial charge < -0.3 is 19.3 Å². The van der Waals surface area contributed by atoms with Crippen LogP contribution in [-0.4, -0.2) is 72.8 Å². The van der Waals surface area contributed by atoms with Gasteiger partial charge in [-0.05, 0) is 63.7 Å². The minimum absolute atomic E-state index is 0.245. The fourth-order valence-corrected chi connectivity index (χ4v) is 6.10. The van der Waals surface area contributed by atoms with Gasteiger partial charge in [0, 0.05) is 38.4 Å². The Morgan fingerprint density at radius 1 is 0.964 bits per heavy atom. The Morgan fingerprint density at radius 3 is 2.46 bits per heavy atom. The Kier molecular flexibility index (Phi) is 7.29. The Balaban J connectivity index is 1.24. The number of ether oxygens (including phenoxy) is 2. The molecule has 1 amide bonds. The maximum absolute atomic E-state index is 12.7. The summed E-state index contributed by atoms with van der Waals surface area (Å²) in [5.41, 5.74) is 0. The van der Waals surface area contributed by atoms with Crippen LogP contribution in [0, 0.1) is 5.92 Å². The first-order valence-corrected chi connectivity index (χ1v) is 12.0. The van der Waals surface area contributed by atoms with Gasteiger partial charge in [-0.2, -0.15) is 0 Å². The number of carbonyl (C=O) groups excluding carboxylic acids is 1. The predicted molar refractivity (Wildman–Crippen MR) is 110 cm³/mol. The van der Waals surface area contributed by atoms with Gasteiger partial charge in [-0.15, -0.1) is 0 Å². The highest BCUT2D eigenvalue weighted by molar-refractivity contribution is 5.79. The molecule has 0 radical (unpaired) electrons. The molecule has 0 spiro atoms. The van der Waals surface area contributed by atoms with E-state index in [4.69, 9.17) is 9.47 Å². The quantitative estimate of drug-likeness (QED) is 0.648. The predicted octanol–water partition coefficient (Wildman–Crippen LogP) is 3.61. The third kappa shape index (κ3) is 4.73. The molecule has 2 aliphatic carbocycles. The second-order valence-corrected chi connectivity index (χ2v) is 9.52. The largest absolute Gasteiger partial charge is 0.381 e. The number of amides is 1. The Bertz CT molecular complexity index is 498. The molecular formula is C23H40N2O3. The van der Waals surface area contributed by atoms with Crippen LogP contribution < -0.4 is 0 Å².